The lowest BCUT2D eigenvalue weighted by Crippen LogP contribution is -1.98. The number of rotatable bonds is 4. The van der Waals surface area contributed by atoms with Crippen molar-refractivity contribution < 1.29 is 0 Å². The van der Waals surface area contributed by atoms with Gasteiger partial charge in [0.15, 0.2) is 0 Å². The third kappa shape index (κ3) is 5.15. The van der Waals surface area contributed by atoms with E-state index in [1.807, 2.05) is 12.1 Å². The summed E-state index contributed by atoms with van der Waals surface area (Å²) in [6.07, 6.45) is 0. The van der Waals surface area contributed by atoms with Gasteiger partial charge in [-0.25, -0.2) is 19.9 Å². The SMILES string of the molecule is c1ccc2cc3nc(-c4cc(-c5ccc6cc7ccccc7cc6n5)c(-c5ccc6ccccc6n5)cc4-c4ccc5ccccc5n4)ccc3cc2c1. The van der Waals surface area contributed by atoms with Gasteiger partial charge in [0, 0.05) is 43.8 Å². The molecule has 0 bridgehead atoms. The van der Waals surface area contributed by atoms with Gasteiger partial charge in [0.2, 0.25) is 0 Å². The summed E-state index contributed by atoms with van der Waals surface area (Å²) in [6.45, 7) is 0. The average molecular weight is 687 g/mol. The molecule has 11 aromatic rings. The molecule has 0 saturated heterocycles. The fraction of sp³-hybridized carbons (Fsp3) is 0. The molecule has 0 amide bonds. The first-order chi connectivity index (χ1) is 26.7. The smallest absolute Gasteiger partial charge is 0.0716 e. The third-order valence-corrected chi connectivity index (χ3v) is 10.6. The van der Waals surface area contributed by atoms with Crippen LogP contribution in [0.25, 0.3) is 110 Å². The van der Waals surface area contributed by atoms with Crippen LogP contribution in [0.1, 0.15) is 0 Å². The van der Waals surface area contributed by atoms with Crippen LogP contribution in [-0.4, -0.2) is 19.9 Å². The van der Waals surface area contributed by atoms with Gasteiger partial charge in [-0.2, -0.15) is 0 Å². The van der Waals surface area contributed by atoms with Crippen molar-refractivity contribution in [2.24, 2.45) is 0 Å². The van der Waals surface area contributed by atoms with Gasteiger partial charge in [0.05, 0.1) is 44.8 Å². The number of aromatic nitrogens is 4. The molecule has 4 aromatic heterocycles. The topological polar surface area (TPSA) is 51.6 Å². The van der Waals surface area contributed by atoms with E-state index < -0.39 is 0 Å². The van der Waals surface area contributed by atoms with Crippen LogP contribution in [0.4, 0.5) is 0 Å². The summed E-state index contributed by atoms with van der Waals surface area (Å²) in [5.41, 5.74) is 11.2. The standard InChI is InChI=1S/C50H30N4/c1-3-13-35-27-49-37(25-33(35)11-1)19-23-47(53-49)41-30-42(48-24-20-38-26-34-12-2-4-14-36(34)28-50(38)54-48)40(46-22-18-32-10-6-8-16-44(32)52-46)29-39(41)45-21-17-31-9-5-7-15-43(31)51-45/h1-30H. The van der Waals surface area contributed by atoms with Crippen LogP contribution in [0.3, 0.4) is 0 Å². The molecule has 0 unspecified atom stereocenters. The highest BCUT2D eigenvalue weighted by Gasteiger charge is 2.20. The highest BCUT2D eigenvalue weighted by Crippen LogP contribution is 2.42. The predicted octanol–water partition coefficient (Wildman–Crippen LogP) is 12.9. The van der Waals surface area contributed by atoms with E-state index in [0.717, 1.165) is 99.4 Å². The second-order valence-corrected chi connectivity index (χ2v) is 13.9. The van der Waals surface area contributed by atoms with Gasteiger partial charge in [0.25, 0.3) is 0 Å². The molecule has 0 aliphatic carbocycles. The maximum Gasteiger partial charge on any atom is 0.0716 e. The Hall–Kier alpha value is -7.30. The zero-order chi connectivity index (χ0) is 35.6. The van der Waals surface area contributed by atoms with Crippen molar-refractivity contribution in [1.29, 1.82) is 0 Å². The van der Waals surface area contributed by atoms with Crippen LogP contribution in [0.5, 0.6) is 0 Å². The second-order valence-electron chi connectivity index (χ2n) is 13.9. The van der Waals surface area contributed by atoms with Gasteiger partial charge >= 0.3 is 0 Å². The van der Waals surface area contributed by atoms with Gasteiger partial charge in [-0.1, -0.05) is 109 Å². The van der Waals surface area contributed by atoms with Gasteiger partial charge < -0.3 is 0 Å². The Morgan fingerprint density at radius 2 is 0.500 bits per heavy atom. The molecule has 4 heteroatoms. The van der Waals surface area contributed by atoms with Gasteiger partial charge in [-0.3, -0.25) is 0 Å². The van der Waals surface area contributed by atoms with Crippen molar-refractivity contribution >= 4 is 65.2 Å². The van der Waals surface area contributed by atoms with Crippen molar-refractivity contribution in [1.82, 2.24) is 19.9 Å². The fourth-order valence-corrected chi connectivity index (χ4v) is 7.80. The third-order valence-electron chi connectivity index (χ3n) is 10.6. The molecule has 0 saturated carbocycles. The Morgan fingerprint density at radius 1 is 0.204 bits per heavy atom. The molecule has 4 heterocycles. The maximum absolute atomic E-state index is 5.34. The van der Waals surface area contributed by atoms with E-state index in [0.29, 0.717) is 0 Å². The van der Waals surface area contributed by atoms with Crippen molar-refractivity contribution in [3.8, 4) is 45.0 Å². The van der Waals surface area contributed by atoms with E-state index in [4.69, 9.17) is 19.9 Å². The number of benzene rings is 7. The Bertz CT molecular complexity index is 3080. The van der Waals surface area contributed by atoms with E-state index in [1.165, 1.54) is 10.8 Å². The average Bonchev–Trinajstić information content (AvgIpc) is 3.23. The molecule has 0 atom stereocenters. The number of para-hydroxylation sites is 2. The van der Waals surface area contributed by atoms with Crippen LogP contribution in [-0.2, 0) is 0 Å². The van der Waals surface area contributed by atoms with Gasteiger partial charge in [0.1, 0.15) is 0 Å². The van der Waals surface area contributed by atoms with Crippen molar-refractivity contribution in [2.75, 3.05) is 0 Å². The van der Waals surface area contributed by atoms with Crippen LogP contribution >= 0.6 is 0 Å². The second kappa shape index (κ2) is 12.1. The molecule has 0 radical (unpaired) electrons. The van der Waals surface area contributed by atoms with E-state index in [1.54, 1.807) is 0 Å². The summed E-state index contributed by atoms with van der Waals surface area (Å²) >= 11 is 0. The molecule has 0 N–H and O–H groups in total. The molecular formula is C50H30N4. The molecule has 11 rings (SSSR count). The Balaban J connectivity index is 1.21. The zero-order valence-electron chi connectivity index (χ0n) is 29.1. The Labute approximate surface area is 311 Å². The van der Waals surface area contributed by atoms with Crippen molar-refractivity contribution in [3.05, 3.63) is 182 Å². The van der Waals surface area contributed by atoms with Crippen LogP contribution in [0.15, 0.2) is 182 Å². The van der Waals surface area contributed by atoms with Crippen molar-refractivity contribution in [3.63, 3.8) is 0 Å². The fourth-order valence-electron chi connectivity index (χ4n) is 7.80. The van der Waals surface area contributed by atoms with Gasteiger partial charge in [-0.05, 0) is 94.3 Å². The van der Waals surface area contributed by atoms with E-state index in [-0.39, 0.29) is 0 Å². The van der Waals surface area contributed by atoms with Crippen molar-refractivity contribution in [2.45, 2.75) is 0 Å². The quantitative estimate of drug-likeness (QED) is 0.173. The summed E-state index contributed by atoms with van der Waals surface area (Å²) in [5.74, 6) is 0. The van der Waals surface area contributed by atoms with Crippen LogP contribution in [0.2, 0.25) is 0 Å². The summed E-state index contributed by atoms with van der Waals surface area (Å²) in [4.78, 5) is 21.1. The summed E-state index contributed by atoms with van der Waals surface area (Å²) in [6, 6.07) is 63.9. The normalized spacial score (nSPS) is 11.7. The molecule has 0 fully saturated rings. The number of hydrogen-bond donors (Lipinski definition) is 0. The Kier molecular flexibility index (Phi) is 6.82. The summed E-state index contributed by atoms with van der Waals surface area (Å²) in [7, 11) is 0. The highest BCUT2D eigenvalue weighted by atomic mass is 14.7. The summed E-state index contributed by atoms with van der Waals surface area (Å²) in [5, 5.41) is 9.12. The monoisotopic (exact) mass is 686 g/mol. The molecule has 7 aromatic carbocycles. The van der Waals surface area contributed by atoms with Crippen LogP contribution < -0.4 is 0 Å². The zero-order valence-corrected chi connectivity index (χ0v) is 29.1. The molecule has 0 aliphatic rings. The lowest BCUT2D eigenvalue weighted by atomic mass is 9.90. The Morgan fingerprint density at radius 3 is 0.889 bits per heavy atom. The van der Waals surface area contributed by atoms with E-state index >= 15 is 0 Å². The molecular weight excluding hydrogens is 657 g/mol. The molecule has 54 heavy (non-hydrogen) atoms. The first-order valence-electron chi connectivity index (χ1n) is 18.2. The van der Waals surface area contributed by atoms with Gasteiger partial charge in [-0.15, -0.1) is 0 Å². The number of hydrogen-bond acceptors (Lipinski definition) is 4. The minimum atomic E-state index is 0.869. The maximum atomic E-state index is 5.34. The minimum Gasteiger partial charge on any atom is -0.248 e. The van der Waals surface area contributed by atoms with E-state index in [2.05, 4.69) is 170 Å². The lowest BCUT2D eigenvalue weighted by Gasteiger charge is -2.18. The molecule has 4 nitrogen and oxygen atoms in total. The first-order valence-corrected chi connectivity index (χ1v) is 18.2. The van der Waals surface area contributed by atoms with E-state index in [9.17, 15) is 0 Å². The number of pyridine rings is 4. The highest BCUT2D eigenvalue weighted by molar-refractivity contribution is 6.01. The molecule has 250 valence electrons. The lowest BCUT2D eigenvalue weighted by molar-refractivity contribution is 1.34. The summed E-state index contributed by atoms with van der Waals surface area (Å²) < 4.78 is 0. The first kappa shape index (κ1) is 30.3. The minimum absolute atomic E-state index is 0.869. The largest absolute Gasteiger partial charge is 0.248 e. The molecule has 0 aliphatic heterocycles. The number of fused-ring (bicyclic) bond motifs is 6. The predicted molar refractivity (Wildman–Crippen MR) is 224 cm³/mol. The molecule has 0 spiro atoms. The van der Waals surface area contributed by atoms with Crippen LogP contribution in [0, 0.1) is 0 Å². The number of nitrogens with zero attached hydrogens (tertiary/aromatic N) is 4.